The number of aryl methyl sites for hydroxylation is 1. The number of carbonyl (C=O) groups is 1. The van der Waals surface area contributed by atoms with Gasteiger partial charge < -0.3 is 15.0 Å². The van der Waals surface area contributed by atoms with Crippen LogP contribution in [0, 0.1) is 5.92 Å². The van der Waals surface area contributed by atoms with Crippen molar-refractivity contribution in [3.8, 4) is 0 Å². The molecular formula is C20H24N4O2. The second kappa shape index (κ2) is 7.83. The monoisotopic (exact) mass is 352 g/mol. The van der Waals surface area contributed by atoms with Gasteiger partial charge in [0.25, 0.3) is 0 Å². The van der Waals surface area contributed by atoms with Crippen molar-refractivity contribution in [1.29, 1.82) is 0 Å². The van der Waals surface area contributed by atoms with Crippen molar-refractivity contribution in [2.75, 3.05) is 31.2 Å². The van der Waals surface area contributed by atoms with Crippen LogP contribution in [0.15, 0.2) is 36.7 Å². The summed E-state index contributed by atoms with van der Waals surface area (Å²) < 4.78 is 5.38. The third kappa shape index (κ3) is 3.85. The van der Waals surface area contributed by atoms with Crippen LogP contribution in [-0.4, -0.2) is 42.2 Å². The lowest BCUT2D eigenvalue weighted by Gasteiger charge is -2.27. The lowest BCUT2D eigenvalue weighted by molar-refractivity contribution is -0.125. The van der Waals surface area contributed by atoms with Crippen LogP contribution in [0.2, 0.25) is 0 Å². The Morgan fingerprint density at radius 3 is 2.85 bits per heavy atom. The van der Waals surface area contributed by atoms with Crippen LogP contribution < -0.4 is 10.2 Å². The first-order chi connectivity index (χ1) is 12.8. The van der Waals surface area contributed by atoms with E-state index in [9.17, 15) is 4.79 Å². The minimum absolute atomic E-state index is 0.0467. The van der Waals surface area contributed by atoms with Crippen molar-refractivity contribution < 1.29 is 9.53 Å². The van der Waals surface area contributed by atoms with Crippen molar-refractivity contribution in [1.82, 2.24) is 15.3 Å². The molecule has 1 N–H and O–H groups in total. The predicted octanol–water partition coefficient (Wildman–Crippen LogP) is 1.73. The molecule has 4 rings (SSSR count). The average molecular weight is 352 g/mol. The van der Waals surface area contributed by atoms with Crippen molar-refractivity contribution in [2.24, 2.45) is 5.92 Å². The maximum Gasteiger partial charge on any atom is 0.223 e. The van der Waals surface area contributed by atoms with Gasteiger partial charge in [-0.3, -0.25) is 4.79 Å². The summed E-state index contributed by atoms with van der Waals surface area (Å²) in [5, 5.41) is 3.06. The third-order valence-electron chi connectivity index (χ3n) is 5.21. The van der Waals surface area contributed by atoms with E-state index in [1.54, 1.807) is 6.33 Å². The summed E-state index contributed by atoms with van der Waals surface area (Å²) in [5.41, 5.74) is 3.52. The van der Waals surface area contributed by atoms with E-state index in [1.807, 2.05) is 12.1 Å². The molecule has 2 aliphatic rings. The zero-order valence-electron chi connectivity index (χ0n) is 14.9. The molecule has 1 amide bonds. The first kappa shape index (κ1) is 17.0. The number of hydrogen-bond acceptors (Lipinski definition) is 5. The van der Waals surface area contributed by atoms with Crippen LogP contribution in [0.1, 0.15) is 23.2 Å². The van der Waals surface area contributed by atoms with Gasteiger partial charge in [0.15, 0.2) is 0 Å². The van der Waals surface area contributed by atoms with Gasteiger partial charge in [-0.15, -0.1) is 0 Å². The third-order valence-corrected chi connectivity index (χ3v) is 5.21. The minimum atomic E-state index is 0.0467. The van der Waals surface area contributed by atoms with Crippen LogP contribution in [0.5, 0.6) is 0 Å². The summed E-state index contributed by atoms with van der Waals surface area (Å²) in [6, 6.07) is 10.4. The van der Waals surface area contributed by atoms with Crippen molar-refractivity contribution in [3.63, 3.8) is 0 Å². The number of carbonyl (C=O) groups excluding carboxylic acids is 1. The fourth-order valence-electron chi connectivity index (χ4n) is 3.69. The molecule has 2 aromatic rings. The highest BCUT2D eigenvalue weighted by atomic mass is 16.5. The standard InChI is InChI=1S/C20H24N4O2/c25-20(17-6-5-15-3-1-2-4-16(15)11-17)21-13-18-12-19(23-14-22-18)24-7-9-26-10-8-24/h1-4,12,14,17H,5-11,13H2,(H,21,25). The van der Waals surface area contributed by atoms with Gasteiger partial charge in [-0.2, -0.15) is 0 Å². The quantitative estimate of drug-likeness (QED) is 0.908. The van der Waals surface area contributed by atoms with Crippen LogP contribution in [0.4, 0.5) is 5.82 Å². The number of benzene rings is 1. The average Bonchev–Trinajstić information content (AvgIpc) is 2.72. The number of fused-ring (bicyclic) bond motifs is 1. The summed E-state index contributed by atoms with van der Waals surface area (Å²) in [4.78, 5) is 23.4. The highest BCUT2D eigenvalue weighted by molar-refractivity contribution is 5.79. The van der Waals surface area contributed by atoms with Crippen molar-refractivity contribution >= 4 is 11.7 Å². The summed E-state index contributed by atoms with van der Waals surface area (Å²) in [6.07, 6.45) is 4.28. The molecule has 6 nitrogen and oxygen atoms in total. The number of anilines is 1. The fourth-order valence-corrected chi connectivity index (χ4v) is 3.69. The second-order valence-corrected chi connectivity index (χ2v) is 6.89. The lowest BCUT2D eigenvalue weighted by Crippen LogP contribution is -2.37. The van der Waals surface area contributed by atoms with Gasteiger partial charge in [0.05, 0.1) is 25.5 Å². The number of morpholine rings is 1. The second-order valence-electron chi connectivity index (χ2n) is 6.89. The Labute approximate surface area is 153 Å². The van der Waals surface area contributed by atoms with E-state index in [1.165, 1.54) is 11.1 Å². The smallest absolute Gasteiger partial charge is 0.223 e. The van der Waals surface area contributed by atoms with E-state index < -0.39 is 0 Å². The van der Waals surface area contributed by atoms with Gasteiger partial charge in [-0.05, 0) is 30.4 Å². The van der Waals surface area contributed by atoms with E-state index >= 15 is 0 Å². The van der Waals surface area contributed by atoms with Gasteiger partial charge >= 0.3 is 0 Å². The van der Waals surface area contributed by atoms with E-state index in [4.69, 9.17) is 4.74 Å². The largest absolute Gasteiger partial charge is 0.378 e. The number of nitrogens with one attached hydrogen (secondary N) is 1. The predicted molar refractivity (Wildman–Crippen MR) is 98.9 cm³/mol. The topological polar surface area (TPSA) is 67.4 Å². The molecule has 1 aliphatic carbocycles. The van der Waals surface area contributed by atoms with Gasteiger partial charge in [0.1, 0.15) is 12.1 Å². The first-order valence-corrected chi connectivity index (χ1v) is 9.28. The molecule has 1 aliphatic heterocycles. The van der Waals surface area contributed by atoms with Crippen molar-refractivity contribution in [3.05, 3.63) is 53.5 Å². The van der Waals surface area contributed by atoms with E-state index in [2.05, 4.69) is 38.4 Å². The van der Waals surface area contributed by atoms with Crippen LogP contribution in [-0.2, 0) is 28.9 Å². The SMILES string of the molecule is O=C(NCc1cc(N2CCOCC2)ncn1)C1CCc2ccccc2C1. The van der Waals surface area contributed by atoms with Gasteiger partial charge in [0, 0.05) is 25.1 Å². The Morgan fingerprint density at radius 2 is 2.00 bits per heavy atom. The maximum absolute atomic E-state index is 12.6. The summed E-state index contributed by atoms with van der Waals surface area (Å²) in [7, 11) is 0. The normalized spacial score (nSPS) is 19.7. The zero-order chi connectivity index (χ0) is 17.8. The summed E-state index contributed by atoms with van der Waals surface area (Å²) >= 11 is 0. The zero-order valence-corrected chi connectivity index (χ0v) is 14.9. The van der Waals surface area contributed by atoms with Crippen LogP contribution >= 0.6 is 0 Å². The molecule has 136 valence electrons. The van der Waals surface area contributed by atoms with E-state index in [0.717, 1.165) is 57.1 Å². The number of amides is 1. The Morgan fingerprint density at radius 1 is 1.19 bits per heavy atom. The molecule has 1 aromatic heterocycles. The number of nitrogens with zero attached hydrogens (tertiary/aromatic N) is 3. The molecule has 2 heterocycles. The number of ether oxygens (including phenoxy) is 1. The summed E-state index contributed by atoms with van der Waals surface area (Å²) in [5.74, 6) is 1.07. The van der Waals surface area contributed by atoms with E-state index in [-0.39, 0.29) is 11.8 Å². The molecule has 0 radical (unpaired) electrons. The summed E-state index contributed by atoms with van der Waals surface area (Å²) in [6.45, 7) is 3.56. The number of aromatic nitrogens is 2. The molecule has 1 atom stereocenters. The Bertz CT molecular complexity index is 774. The highest BCUT2D eigenvalue weighted by Crippen LogP contribution is 2.25. The molecule has 1 unspecified atom stereocenters. The first-order valence-electron chi connectivity index (χ1n) is 9.28. The van der Waals surface area contributed by atoms with Crippen molar-refractivity contribution in [2.45, 2.75) is 25.8 Å². The number of rotatable bonds is 4. The molecule has 26 heavy (non-hydrogen) atoms. The molecular weight excluding hydrogens is 328 g/mol. The molecule has 6 heteroatoms. The molecule has 0 saturated carbocycles. The highest BCUT2D eigenvalue weighted by Gasteiger charge is 2.24. The van der Waals surface area contributed by atoms with Gasteiger partial charge in [-0.25, -0.2) is 9.97 Å². The maximum atomic E-state index is 12.6. The molecule has 0 spiro atoms. The Kier molecular flexibility index (Phi) is 5.11. The number of hydrogen-bond donors (Lipinski definition) is 1. The molecule has 1 saturated heterocycles. The molecule has 1 aromatic carbocycles. The van der Waals surface area contributed by atoms with Crippen LogP contribution in [0.3, 0.4) is 0 Å². The van der Waals surface area contributed by atoms with E-state index in [0.29, 0.717) is 6.54 Å². The van der Waals surface area contributed by atoms with Gasteiger partial charge in [-0.1, -0.05) is 24.3 Å². The minimum Gasteiger partial charge on any atom is -0.378 e. The Balaban J connectivity index is 1.35. The molecule has 0 bridgehead atoms. The van der Waals surface area contributed by atoms with Crippen LogP contribution in [0.25, 0.3) is 0 Å². The van der Waals surface area contributed by atoms with Gasteiger partial charge in [0.2, 0.25) is 5.91 Å². The lowest BCUT2D eigenvalue weighted by atomic mass is 9.83. The fraction of sp³-hybridized carbons (Fsp3) is 0.450. The molecule has 1 fully saturated rings. The Hall–Kier alpha value is -2.47.